The van der Waals surface area contributed by atoms with Crippen molar-refractivity contribution in [3.8, 4) is 63.2 Å². The minimum atomic E-state index is 0.0102. The number of phenolic OH excluding ortho intramolecular Hbond substituents is 11. The van der Waals surface area contributed by atoms with Gasteiger partial charge in [0.25, 0.3) is 0 Å². The van der Waals surface area contributed by atoms with Gasteiger partial charge in [-0.15, -0.1) is 0 Å². The van der Waals surface area contributed by atoms with Crippen LogP contribution in [0.1, 0.15) is 134 Å². The van der Waals surface area contributed by atoms with Gasteiger partial charge in [0.2, 0.25) is 0 Å². The highest BCUT2D eigenvalue weighted by atomic mass is 16.3. The fraction of sp³-hybridized carbons (Fsp3) is 0.165. The van der Waals surface area contributed by atoms with Crippen LogP contribution in [0.3, 0.4) is 0 Å². The molecule has 0 atom stereocenters. The third-order valence-corrected chi connectivity index (χ3v) is 17.5. The van der Waals surface area contributed by atoms with Crippen molar-refractivity contribution in [3.63, 3.8) is 0 Å². The van der Waals surface area contributed by atoms with Crippen LogP contribution in [0.25, 0.3) is 0 Å². The molecule has 11 heteroatoms. The van der Waals surface area contributed by atoms with Gasteiger partial charge in [0.1, 0.15) is 63.2 Å². The number of fused-ring (bicyclic) bond motifs is 5. The molecule has 0 amide bonds. The third kappa shape index (κ3) is 13.5. The molecule has 11 aromatic rings. The second kappa shape index (κ2) is 25.1. The first-order valence-corrected chi connectivity index (χ1v) is 30.2. The lowest BCUT2D eigenvalue weighted by molar-refractivity contribution is 0.456. The maximum absolute atomic E-state index is 12.4. The predicted octanol–water partition coefficient (Wildman–Crippen LogP) is 14.9. The molecule has 4 bridgehead atoms. The summed E-state index contributed by atoms with van der Waals surface area (Å²) in [4.78, 5) is 0. The molecule has 0 saturated carbocycles. The Morgan fingerprint density at radius 3 is 1.17 bits per heavy atom. The van der Waals surface area contributed by atoms with Crippen molar-refractivity contribution in [2.75, 3.05) is 0 Å². The van der Waals surface area contributed by atoms with Crippen molar-refractivity contribution in [1.29, 1.82) is 0 Å². The molecule has 90 heavy (non-hydrogen) atoms. The fourth-order valence-electron chi connectivity index (χ4n) is 12.9. The Morgan fingerprint density at radius 2 is 0.622 bits per heavy atom. The zero-order chi connectivity index (χ0) is 62.9. The first-order valence-electron chi connectivity index (χ1n) is 30.2. The van der Waals surface area contributed by atoms with Gasteiger partial charge in [0, 0.05) is 51.4 Å². The molecule has 12 rings (SSSR count). The van der Waals surface area contributed by atoms with E-state index in [0.29, 0.717) is 101 Å². The Balaban J connectivity index is 0.846. The van der Waals surface area contributed by atoms with E-state index in [2.05, 4.69) is 0 Å². The van der Waals surface area contributed by atoms with Gasteiger partial charge in [-0.1, -0.05) is 133 Å². The Labute approximate surface area is 522 Å². The average molecular weight is 1200 g/mol. The number of hydrogen-bond acceptors (Lipinski definition) is 11. The molecular formula is C79H70O11. The van der Waals surface area contributed by atoms with Crippen LogP contribution in [0.5, 0.6) is 63.2 Å². The van der Waals surface area contributed by atoms with Crippen molar-refractivity contribution in [2.45, 2.75) is 84.5 Å². The minimum Gasteiger partial charge on any atom is -0.508 e. The Kier molecular flexibility index (Phi) is 16.6. The number of aromatic hydroxyl groups is 11. The smallest absolute Gasteiger partial charge is 0.122 e. The maximum atomic E-state index is 12.4. The van der Waals surface area contributed by atoms with E-state index in [1.165, 1.54) is 0 Å². The van der Waals surface area contributed by atoms with Gasteiger partial charge < -0.3 is 56.2 Å². The molecule has 1 aliphatic rings. The van der Waals surface area contributed by atoms with Crippen LogP contribution in [0.15, 0.2) is 188 Å². The Hall–Kier alpha value is -10.8. The second-order valence-electron chi connectivity index (χ2n) is 24.5. The lowest BCUT2D eigenvalue weighted by atomic mass is 9.88. The van der Waals surface area contributed by atoms with Gasteiger partial charge in [-0.25, -0.2) is 0 Å². The van der Waals surface area contributed by atoms with Crippen molar-refractivity contribution in [1.82, 2.24) is 0 Å². The summed E-state index contributed by atoms with van der Waals surface area (Å²) in [5.74, 6) is 1.12. The van der Waals surface area contributed by atoms with E-state index in [0.717, 1.165) is 77.9 Å². The topological polar surface area (TPSA) is 223 Å². The zero-order valence-electron chi connectivity index (χ0n) is 50.1. The fourth-order valence-corrected chi connectivity index (χ4v) is 12.9. The number of phenols is 11. The summed E-state index contributed by atoms with van der Waals surface area (Å²) in [7, 11) is 0. The highest BCUT2D eigenvalue weighted by Crippen LogP contribution is 2.40. The summed E-state index contributed by atoms with van der Waals surface area (Å²) in [5.41, 5.74) is 18.4. The SMILES string of the molecule is Cc1cc(C)c(O)c(Cc2ccc(O)c(Cc3cc(Cc4ccc(O)cc4)cc(Cc4cc5c(cc4O)Cc4ccc(O)c(c4)Cc4cc(Cc6ccc(O)c(Cc7ccc(O)c(Cc8cc(Cc9ccc(O)cc9)ccc8O)c7)c6)c(O)c(c4)C5)c3O)c2)c1. The quantitative estimate of drug-likeness (QED) is 0.0437. The van der Waals surface area contributed by atoms with Gasteiger partial charge in [-0.05, 0) is 222 Å². The van der Waals surface area contributed by atoms with Crippen LogP contribution in [-0.4, -0.2) is 56.2 Å². The molecule has 0 aliphatic heterocycles. The molecule has 0 aromatic heterocycles. The zero-order valence-corrected chi connectivity index (χ0v) is 50.1. The third-order valence-electron chi connectivity index (χ3n) is 17.5. The van der Waals surface area contributed by atoms with Crippen molar-refractivity contribution in [2.24, 2.45) is 0 Å². The maximum Gasteiger partial charge on any atom is 0.122 e. The average Bonchev–Trinajstić information content (AvgIpc) is 1.79. The van der Waals surface area contributed by atoms with Crippen molar-refractivity contribution < 1.29 is 56.2 Å². The lowest BCUT2D eigenvalue weighted by Gasteiger charge is -2.18. The first kappa shape index (κ1) is 59.5. The van der Waals surface area contributed by atoms with Crippen molar-refractivity contribution in [3.05, 3.63) is 322 Å². The highest BCUT2D eigenvalue weighted by Gasteiger charge is 2.22. The molecular weight excluding hydrogens is 1120 g/mol. The lowest BCUT2D eigenvalue weighted by Crippen LogP contribution is -2.03. The number of hydrogen-bond donors (Lipinski definition) is 11. The largest absolute Gasteiger partial charge is 0.508 e. The van der Waals surface area contributed by atoms with Gasteiger partial charge in [0.15, 0.2) is 0 Å². The van der Waals surface area contributed by atoms with Crippen molar-refractivity contribution >= 4 is 0 Å². The van der Waals surface area contributed by atoms with E-state index in [1.54, 1.807) is 66.7 Å². The standard InChI is InChI=1S/C79H70O11/c1-45-21-46(2)77(88)64(22-45)32-53-11-20-75(86)62(31-53)42-67-35-54(24-48-5-14-70(81)15-6-48)36-68(79(67)90)43-63-39-57-40-66-38-55(34-59-27-50(8-17-72(59)83)25-56(57)44-76(63)87)37-65(78(66)89)33-52-10-18-71(82)58(29-52)28-51-9-19-74(85)61(30-51)41-60-26-49(7-16-73(60)84)23-47-3-12-69(80)13-4-47/h3-22,26-27,29-31,35-39,44,80-90H,23-25,28,32-34,40-43H2,1-2H3. The van der Waals surface area contributed by atoms with Gasteiger partial charge in [0.05, 0.1) is 0 Å². The van der Waals surface area contributed by atoms with Gasteiger partial charge >= 0.3 is 0 Å². The van der Waals surface area contributed by atoms with Crippen LogP contribution >= 0.6 is 0 Å². The number of rotatable bonds is 16. The molecule has 0 fully saturated rings. The molecule has 11 aromatic carbocycles. The monoisotopic (exact) mass is 1190 g/mol. The second-order valence-corrected chi connectivity index (χ2v) is 24.5. The molecule has 452 valence electrons. The van der Waals surface area contributed by atoms with E-state index >= 15 is 0 Å². The van der Waals surface area contributed by atoms with E-state index < -0.39 is 0 Å². The molecule has 0 unspecified atom stereocenters. The Bertz CT molecular complexity index is 4540. The van der Waals surface area contributed by atoms with Crippen LogP contribution in [0.4, 0.5) is 0 Å². The van der Waals surface area contributed by atoms with Crippen LogP contribution < -0.4 is 0 Å². The first-order chi connectivity index (χ1) is 43.3. The molecule has 0 spiro atoms. The summed E-state index contributed by atoms with van der Waals surface area (Å²) in [5, 5.41) is 124. The molecule has 0 radical (unpaired) electrons. The molecule has 0 heterocycles. The summed E-state index contributed by atoms with van der Waals surface area (Å²) >= 11 is 0. The number of aryl methyl sites for hydroxylation is 2. The van der Waals surface area contributed by atoms with Gasteiger partial charge in [-0.2, -0.15) is 0 Å². The Morgan fingerprint density at radius 1 is 0.233 bits per heavy atom. The summed E-state index contributed by atoms with van der Waals surface area (Å²) in [6.45, 7) is 3.85. The van der Waals surface area contributed by atoms with Crippen LogP contribution in [0, 0.1) is 13.8 Å². The van der Waals surface area contributed by atoms with Crippen LogP contribution in [0.2, 0.25) is 0 Å². The van der Waals surface area contributed by atoms with E-state index in [1.807, 2.05) is 135 Å². The van der Waals surface area contributed by atoms with E-state index in [-0.39, 0.29) is 88.9 Å². The van der Waals surface area contributed by atoms with Gasteiger partial charge in [-0.3, -0.25) is 0 Å². The van der Waals surface area contributed by atoms with E-state index in [9.17, 15) is 56.2 Å². The molecule has 11 nitrogen and oxygen atoms in total. The summed E-state index contributed by atoms with van der Waals surface area (Å²) < 4.78 is 0. The molecule has 0 saturated heterocycles. The molecule has 1 aliphatic carbocycles. The van der Waals surface area contributed by atoms with E-state index in [4.69, 9.17) is 0 Å². The minimum absolute atomic E-state index is 0.0102. The van der Waals surface area contributed by atoms with Crippen LogP contribution in [-0.2, 0) is 70.6 Å². The highest BCUT2D eigenvalue weighted by molar-refractivity contribution is 5.58. The number of benzene rings is 11. The molecule has 11 N–H and O–H groups in total. The summed E-state index contributed by atoms with van der Waals surface area (Å²) in [6, 6.07) is 56.3. The summed E-state index contributed by atoms with van der Waals surface area (Å²) in [6.07, 6.45) is 3.69. The normalized spacial score (nSPS) is 11.9. The predicted molar refractivity (Wildman–Crippen MR) is 350 cm³/mol.